The van der Waals surface area contributed by atoms with E-state index in [4.69, 9.17) is 14.2 Å². The summed E-state index contributed by atoms with van der Waals surface area (Å²) in [5.74, 6) is -0.627. The minimum atomic E-state index is -0.614. The van der Waals surface area contributed by atoms with Crippen molar-refractivity contribution in [2.75, 3.05) is 0 Å². The maximum absolute atomic E-state index is 12.5. The normalized spacial score (nSPS) is 39.0. The van der Waals surface area contributed by atoms with Gasteiger partial charge in [-0.3, -0.25) is 9.59 Å². The molecule has 3 rings (SSSR count). The highest BCUT2D eigenvalue weighted by atomic mass is 16.7. The monoisotopic (exact) mass is 282 g/mol. The lowest BCUT2D eigenvalue weighted by molar-refractivity contribution is -0.174. The Hall–Kier alpha value is -1.10. The van der Waals surface area contributed by atoms with E-state index >= 15 is 0 Å². The van der Waals surface area contributed by atoms with Crippen LogP contribution < -0.4 is 0 Å². The van der Waals surface area contributed by atoms with Gasteiger partial charge in [-0.25, -0.2) is 0 Å². The molecular weight excluding hydrogens is 260 g/mol. The molecule has 0 aromatic carbocycles. The van der Waals surface area contributed by atoms with Gasteiger partial charge in [0.05, 0.1) is 17.4 Å². The maximum Gasteiger partial charge on any atom is 0.312 e. The lowest BCUT2D eigenvalue weighted by Gasteiger charge is -2.37. The summed E-state index contributed by atoms with van der Waals surface area (Å²) in [5, 5.41) is 0. The Morgan fingerprint density at radius 2 is 1.85 bits per heavy atom. The van der Waals surface area contributed by atoms with E-state index < -0.39 is 17.6 Å². The van der Waals surface area contributed by atoms with E-state index in [1.165, 1.54) is 0 Å². The fourth-order valence-corrected chi connectivity index (χ4v) is 2.96. The van der Waals surface area contributed by atoms with Crippen LogP contribution in [0.1, 0.15) is 41.0 Å². The highest BCUT2D eigenvalue weighted by Gasteiger charge is 2.65. The van der Waals surface area contributed by atoms with E-state index in [2.05, 4.69) is 0 Å². The molecule has 5 atom stereocenters. The summed E-state index contributed by atoms with van der Waals surface area (Å²) in [6.07, 6.45) is -0.666. The Morgan fingerprint density at radius 3 is 2.45 bits per heavy atom. The van der Waals surface area contributed by atoms with Crippen LogP contribution in [-0.2, 0) is 23.8 Å². The Balaban J connectivity index is 1.74. The van der Waals surface area contributed by atoms with Crippen LogP contribution in [0.2, 0.25) is 0 Å². The predicted octanol–water partition coefficient (Wildman–Crippen LogP) is 1.68. The average Bonchev–Trinajstić information content (AvgIpc) is 2.91. The molecule has 112 valence electrons. The Morgan fingerprint density at radius 1 is 1.20 bits per heavy atom. The van der Waals surface area contributed by atoms with Crippen LogP contribution in [0.4, 0.5) is 0 Å². The standard InChI is InChI=1S/C15H22O5/c1-14(2,3)15(4,5)13(17)20-10-8-6-7-9(18-8)11(10)19-12(7)16/h7-11H,6H2,1-5H3. The second-order valence-corrected chi connectivity index (χ2v) is 7.63. The van der Waals surface area contributed by atoms with Crippen molar-refractivity contribution in [2.24, 2.45) is 16.7 Å². The van der Waals surface area contributed by atoms with Crippen LogP contribution in [0, 0.1) is 16.7 Å². The van der Waals surface area contributed by atoms with E-state index in [-0.39, 0.29) is 35.5 Å². The van der Waals surface area contributed by atoms with Crippen molar-refractivity contribution in [3.8, 4) is 0 Å². The fraction of sp³-hybridized carbons (Fsp3) is 0.867. The van der Waals surface area contributed by atoms with Gasteiger partial charge in [0.15, 0.2) is 12.2 Å². The van der Waals surface area contributed by atoms with Gasteiger partial charge in [-0.1, -0.05) is 20.8 Å². The topological polar surface area (TPSA) is 61.8 Å². The van der Waals surface area contributed by atoms with Gasteiger partial charge < -0.3 is 14.2 Å². The summed E-state index contributed by atoms with van der Waals surface area (Å²) in [6, 6.07) is 0. The van der Waals surface area contributed by atoms with E-state index in [0.717, 1.165) is 0 Å². The van der Waals surface area contributed by atoms with Crippen LogP contribution in [0.5, 0.6) is 0 Å². The van der Waals surface area contributed by atoms with Crippen molar-refractivity contribution >= 4 is 11.9 Å². The number of carbonyl (C=O) groups is 2. The zero-order valence-electron chi connectivity index (χ0n) is 12.6. The van der Waals surface area contributed by atoms with Gasteiger partial charge in [0.25, 0.3) is 0 Å². The lowest BCUT2D eigenvalue weighted by Crippen LogP contribution is -2.46. The second-order valence-electron chi connectivity index (χ2n) is 7.63. The molecule has 5 unspecified atom stereocenters. The van der Waals surface area contributed by atoms with Crippen molar-refractivity contribution in [3.05, 3.63) is 0 Å². The molecule has 3 fully saturated rings. The molecule has 3 aliphatic rings. The molecule has 0 aromatic rings. The van der Waals surface area contributed by atoms with E-state index in [1.807, 2.05) is 34.6 Å². The number of hydrogen-bond donors (Lipinski definition) is 0. The highest BCUT2D eigenvalue weighted by Crippen LogP contribution is 2.48. The zero-order valence-corrected chi connectivity index (χ0v) is 12.6. The van der Waals surface area contributed by atoms with Crippen molar-refractivity contribution in [2.45, 2.75) is 65.5 Å². The summed E-state index contributed by atoms with van der Waals surface area (Å²) >= 11 is 0. The lowest BCUT2D eigenvalue weighted by atomic mass is 9.69. The fourth-order valence-electron chi connectivity index (χ4n) is 2.96. The van der Waals surface area contributed by atoms with Crippen molar-refractivity contribution in [3.63, 3.8) is 0 Å². The van der Waals surface area contributed by atoms with Gasteiger partial charge in [-0.2, -0.15) is 0 Å². The summed E-state index contributed by atoms with van der Waals surface area (Å²) in [5.41, 5.74) is -0.825. The molecule has 0 saturated carbocycles. The van der Waals surface area contributed by atoms with Gasteiger partial charge in [0.2, 0.25) is 0 Å². The minimum Gasteiger partial charge on any atom is -0.455 e. The van der Waals surface area contributed by atoms with Crippen molar-refractivity contribution in [1.29, 1.82) is 0 Å². The smallest absolute Gasteiger partial charge is 0.312 e. The quantitative estimate of drug-likeness (QED) is 0.721. The van der Waals surface area contributed by atoms with Crippen molar-refractivity contribution in [1.82, 2.24) is 0 Å². The third-order valence-corrected chi connectivity index (χ3v) is 5.41. The predicted molar refractivity (Wildman–Crippen MR) is 69.8 cm³/mol. The molecule has 0 spiro atoms. The SMILES string of the molecule is CC(C)(C)C(C)(C)C(=O)OC1C2CC3C(=O)OC1C3O2. The summed E-state index contributed by atoms with van der Waals surface area (Å²) < 4.78 is 16.7. The van der Waals surface area contributed by atoms with Gasteiger partial charge in [-0.15, -0.1) is 0 Å². The number of esters is 2. The van der Waals surface area contributed by atoms with E-state index in [9.17, 15) is 9.59 Å². The van der Waals surface area contributed by atoms with Crippen LogP contribution in [0.3, 0.4) is 0 Å². The first-order valence-corrected chi connectivity index (χ1v) is 7.20. The minimum absolute atomic E-state index is 0.157. The first kappa shape index (κ1) is 13.9. The zero-order chi connectivity index (χ0) is 14.9. The van der Waals surface area contributed by atoms with Gasteiger partial charge in [0, 0.05) is 0 Å². The number of hydrogen-bond acceptors (Lipinski definition) is 5. The molecule has 0 N–H and O–H groups in total. The third kappa shape index (κ3) is 1.72. The van der Waals surface area contributed by atoms with Crippen LogP contribution in [0.25, 0.3) is 0 Å². The third-order valence-electron chi connectivity index (χ3n) is 5.41. The molecule has 5 heteroatoms. The number of rotatable bonds is 2. The first-order valence-electron chi connectivity index (χ1n) is 7.20. The Bertz CT molecular complexity index is 461. The number of carbonyl (C=O) groups excluding carboxylic acids is 2. The molecule has 3 saturated heterocycles. The molecule has 2 bridgehead atoms. The van der Waals surface area contributed by atoms with Gasteiger partial charge >= 0.3 is 11.9 Å². The van der Waals surface area contributed by atoms with Crippen LogP contribution >= 0.6 is 0 Å². The molecule has 0 aromatic heterocycles. The summed E-state index contributed by atoms with van der Waals surface area (Å²) in [6.45, 7) is 9.80. The highest BCUT2D eigenvalue weighted by molar-refractivity contribution is 5.79. The Kier molecular flexibility index (Phi) is 2.75. The summed E-state index contributed by atoms with van der Waals surface area (Å²) in [4.78, 5) is 24.1. The maximum atomic E-state index is 12.5. The molecule has 3 aliphatic heterocycles. The van der Waals surface area contributed by atoms with E-state index in [0.29, 0.717) is 6.42 Å². The molecule has 20 heavy (non-hydrogen) atoms. The molecule has 0 amide bonds. The molecule has 5 nitrogen and oxygen atoms in total. The second kappa shape index (κ2) is 3.97. The van der Waals surface area contributed by atoms with Crippen LogP contribution in [0.15, 0.2) is 0 Å². The first-order chi connectivity index (χ1) is 9.13. The van der Waals surface area contributed by atoms with Gasteiger partial charge in [-0.05, 0) is 25.7 Å². The van der Waals surface area contributed by atoms with Gasteiger partial charge in [0.1, 0.15) is 6.10 Å². The van der Waals surface area contributed by atoms with Crippen molar-refractivity contribution < 1.29 is 23.8 Å². The molecule has 0 radical (unpaired) electrons. The average molecular weight is 282 g/mol. The number of ether oxygens (including phenoxy) is 3. The van der Waals surface area contributed by atoms with E-state index in [1.54, 1.807) is 0 Å². The largest absolute Gasteiger partial charge is 0.455 e. The Labute approximate surface area is 118 Å². The number of fused-ring (bicyclic) bond motifs is 1. The van der Waals surface area contributed by atoms with Crippen LogP contribution in [-0.4, -0.2) is 36.4 Å². The molecular formula is C15H22O5. The summed E-state index contributed by atoms with van der Waals surface area (Å²) in [7, 11) is 0. The molecule has 3 heterocycles. The molecule has 0 aliphatic carbocycles.